The maximum atomic E-state index is 13.8. The van der Waals surface area contributed by atoms with Gasteiger partial charge < -0.3 is 4.52 Å². The Balaban J connectivity index is 2.16. The van der Waals surface area contributed by atoms with Gasteiger partial charge in [0.1, 0.15) is 6.13 Å². The minimum absolute atomic E-state index is 0.183. The molecule has 10 heteroatoms. The zero-order valence-corrected chi connectivity index (χ0v) is 17.6. The molecule has 0 heterocycles. The number of halogens is 5. The average molecular weight is 448 g/mol. The van der Waals surface area contributed by atoms with Gasteiger partial charge in [-0.2, -0.15) is 12.6 Å². The molecule has 1 aliphatic rings. The van der Waals surface area contributed by atoms with Crippen molar-refractivity contribution in [3.63, 3.8) is 0 Å². The molecule has 1 saturated carbocycles. The fourth-order valence-corrected chi connectivity index (χ4v) is 7.58. The van der Waals surface area contributed by atoms with E-state index in [1.165, 1.54) is 0 Å². The Kier molecular flexibility index (Phi) is 7.27. The topological polar surface area (TPSA) is 9.23 Å². The van der Waals surface area contributed by atoms with Crippen LogP contribution in [-0.2, 0) is 16.3 Å². The zero-order valence-electron chi connectivity index (χ0n) is 14.0. The minimum Gasteiger partial charge on any atom is -0.336 e. The van der Waals surface area contributed by atoms with Gasteiger partial charge in [0.25, 0.3) is 0 Å². The van der Waals surface area contributed by atoms with Crippen molar-refractivity contribution in [1.82, 2.24) is 0 Å². The summed E-state index contributed by atoms with van der Waals surface area (Å²) in [4.78, 5) is -1.000. The lowest BCUT2D eigenvalue weighted by Crippen LogP contribution is -2.42. The maximum Gasteiger partial charge on any atom is 0.200 e. The molecule has 0 aliphatic heterocycles. The first kappa shape index (κ1) is 22.2. The Hall–Kier alpha value is -0.0800. The number of hydrogen-bond donors (Lipinski definition) is 1. The van der Waals surface area contributed by atoms with E-state index >= 15 is 0 Å². The Morgan fingerprint density at radius 1 is 1.19 bits per heavy atom. The summed E-state index contributed by atoms with van der Waals surface area (Å²) in [5.74, 6) is -9.64. The van der Waals surface area contributed by atoms with Crippen LogP contribution in [-0.4, -0.2) is 10.9 Å². The molecule has 1 aromatic carbocycles. The van der Waals surface area contributed by atoms with Crippen molar-refractivity contribution in [2.75, 3.05) is 0 Å². The van der Waals surface area contributed by atoms with Gasteiger partial charge in [0.2, 0.25) is 5.82 Å². The van der Waals surface area contributed by atoms with E-state index in [1.54, 1.807) is 6.92 Å². The maximum absolute atomic E-state index is 13.8. The van der Waals surface area contributed by atoms with E-state index in [0.717, 1.165) is 12.0 Å². The monoisotopic (exact) mass is 448 g/mol. The van der Waals surface area contributed by atoms with Crippen LogP contribution in [0.15, 0.2) is 17.0 Å². The van der Waals surface area contributed by atoms with Gasteiger partial charge in [0.15, 0.2) is 23.3 Å². The molecule has 0 spiro atoms. The fraction of sp³-hybridized carbons (Fsp3) is 0.500. The number of allylic oxidation sites excluding steroid dienone is 1. The molecule has 146 valence electrons. The molecule has 0 saturated heterocycles. The predicted octanol–water partition coefficient (Wildman–Crippen LogP) is 6.43. The Bertz CT molecular complexity index is 731. The minimum atomic E-state index is -2.37. The molecular weight excluding hydrogens is 430 g/mol. The van der Waals surface area contributed by atoms with Crippen molar-refractivity contribution in [2.45, 2.75) is 48.9 Å². The summed E-state index contributed by atoms with van der Waals surface area (Å²) in [6, 6.07) is 0. The van der Waals surface area contributed by atoms with Crippen LogP contribution in [0.25, 0.3) is 0 Å². The van der Waals surface area contributed by atoms with E-state index < -0.39 is 45.7 Å². The van der Waals surface area contributed by atoms with Gasteiger partial charge in [-0.25, -0.2) is 22.0 Å². The SMILES string of the molecule is C=C(C)[C@@H]1CC[C@](C)(O[PH](=S)Sc2c(F)c(F)c(F)c(F)c2F)[C@@H](S)C1. The summed E-state index contributed by atoms with van der Waals surface area (Å²) in [6.45, 7) is 7.68. The lowest BCUT2D eigenvalue weighted by Gasteiger charge is -2.42. The third kappa shape index (κ3) is 4.49. The van der Waals surface area contributed by atoms with Gasteiger partial charge in [-0.3, -0.25) is 0 Å². The summed E-state index contributed by atoms with van der Waals surface area (Å²) in [5.41, 5.74) is 0.313. The van der Waals surface area contributed by atoms with Crippen molar-refractivity contribution in [3.8, 4) is 0 Å². The third-order valence-electron chi connectivity index (χ3n) is 4.57. The summed E-state index contributed by atoms with van der Waals surface area (Å²) >= 11 is 10.1. The van der Waals surface area contributed by atoms with Crippen molar-refractivity contribution < 1.29 is 26.5 Å². The molecule has 4 atom stereocenters. The summed E-state index contributed by atoms with van der Waals surface area (Å²) in [5, 5.41) is -0.183. The quantitative estimate of drug-likeness (QED) is 0.139. The highest BCUT2D eigenvalue weighted by Crippen LogP contribution is 2.53. The molecule has 1 aliphatic carbocycles. The number of rotatable bonds is 5. The molecule has 0 aromatic heterocycles. The standard InChI is InChI=1S/C16H18F5OPS3/c1-7(2)8-4-5-16(3,9(24)6-8)22-23(25)26-15-13(20)11(18)10(17)12(19)14(15)21/h8-9,23-24H,1,4-6H2,2-3H3/t8-,9+,16+/m1/s1. The highest BCUT2D eigenvalue weighted by molar-refractivity contribution is 8.62. The number of benzene rings is 1. The lowest BCUT2D eigenvalue weighted by molar-refractivity contribution is 0.0639. The molecule has 0 bridgehead atoms. The highest BCUT2D eigenvalue weighted by atomic mass is 32.9. The molecule has 1 nitrogen and oxygen atoms in total. The Morgan fingerprint density at radius 3 is 2.15 bits per heavy atom. The molecular formula is C16H18F5OPS3. The van der Waals surface area contributed by atoms with Crippen molar-refractivity contribution >= 4 is 41.9 Å². The molecule has 26 heavy (non-hydrogen) atoms. The van der Waals surface area contributed by atoms with Crippen LogP contribution in [0, 0.1) is 35.0 Å². The van der Waals surface area contributed by atoms with E-state index in [1.807, 2.05) is 6.92 Å². The normalized spacial score (nSPS) is 27.4. The van der Waals surface area contributed by atoms with Crippen LogP contribution in [0.3, 0.4) is 0 Å². The second kappa shape index (κ2) is 8.52. The van der Waals surface area contributed by atoms with Crippen LogP contribution in [0.4, 0.5) is 22.0 Å². The van der Waals surface area contributed by atoms with E-state index in [0.29, 0.717) is 30.1 Å². The lowest BCUT2D eigenvalue weighted by atomic mass is 9.77. The van der Waals surface area contributed by atoms with Gasteiger partial charge in [-0.05, 0) is 39.0 Å². The van der Waals surface area contributed by atoms with Gasteiger partial charge >= 0.3 is 0 Å². The van der Waals surface area contributed by atoms with E-state index in [-0.39, 0.29) is 5.25 Å². The number of hydrogen-bond acceptors (Lipinski definition) is 4. The Morgan fingerprint density at radius 2 is 1.69 bits per heavy atom. The summed E-state index contributed by atoms with van der Waals surface area (Å²) in [7, 11) is 0. The molecule has 1 unspecified atom stereocenters. The smallest absolute Gasteiger partial charge is 0.200 e. The summed E-state index contributed by atoms with van der Waals surface area (Å²) < 4.78 is 73.2. The van der Waals surface area contributed by atoms with Crippen molar-refractivity contribution in [1.29, 1.82) is 0 Å². The van der Waals surface area contributed by atoms with Crippen molar-refractivity contribution in [3.05, 3.63) is 41.2 Å². The van der Waals surface area contributed by atoms with Crippen LogP contribution < -0.4 is 0 Å². The molecule has 0 N–H and O–H groups in total. The second-order valence-electron chi connectivity index (χ2n) is 6.50. The Labute approximate surface area is 164 Å². The van der Waals surface area contributed by atoms with Crippen LogP contribution in [0.2, 0.25) is 0 Å². The first-order chi connectivity index (χ1) is 12.0. The second-order valence-corrected chi connectivity index (χ2v) is 12.1. The largest absolute Gasteiger partial charge is 0.336 e. The van der Waals surface area contributed by atoms with Gasteiger partial charge in [-0.15, -0.1) is 0 Å². The van der Waals surface area contributed by atoms with E-state index in [4.69, 9.17) is 16.3 Å². The molecule has 2 rings (SSSR count). The molecule has 0 amide bonds. The zero-order chi connectivity index (χ0) is 19.8. The van der Waals surface area contributed by atoms with Gasteiger partial charge in [0.05, 0.1) is 10.5 Å². The predicted molar refractivity (Wildman–Crippen MR) is 102 cm³/mol. The molecule has 1 fully saturated rings. The average Bonchev–Trinajstić information content (AvgIpc) is 2.57. The van der Waals surface area contributed by atoms with E-state index in [9.17, 15) is 22.0 Å². The summed E-state index contributed by atoms with van der Waals surface area (Å²) in [6.07, 6.45) is -0.232. The van der Waals surface area contributed by atoms with Crippen LogP contribution >= 0.6 is 30.1 Å². The van der Waals surface area contributed by atoms with E-state index in [2.05, 4.69) is 19.2 Å². The van der Waals surface area contributed by atoms with Gasteiger partial charge in [0, 0.05) is 5.25 Å². The molecule has 1 aromatic rings. The van der Waals surface area contributed by atoms with Crippen LogP contribution in [0.1, 0.15) is 33.1 Å². The first-order valence-electron chi connectivity index (χ1n) is 7.73. The first-order valence-corrected chi connectivity index (χ1v) is 12.3. The fourth-order valence-electron chi connectivity index (χ4n) is 2.80. The van der Waals surface area contributed by atoms with Crippen molar-refractivity contribution in [2.24, 2.45) is 5.92 Å². The number of thiol groups is 1. The van der Waals surface area contributed by atoms with Crippen LogP contribution in [0.5, 0.6) is 0 Å². The highest BCUT2D eigenvalue weighted by Gasteiger charge is 2.40. The van der Waals surface area contributed by atoms with Gasteiger partial charge in [-0.1, -0.05) is 35.3 Å². The third-order valence-corrected chi connectivity index (χ3v) is 9.05. The molecule has 0 radical (unpaired) electrons.